The number of esters is 1. The van der Waals surface area contributed by atoms with Crippen LogP contribution in [-0.2, 0) is 22.4 Å². The van der Waals surface area contributed by atoms with Crippen molar-refractivity contribution in [1.29, 1.82) is 0 Å². The Bertz CT molecular complexity index is 1320. The summed E-state index contributed by atoms with van der Waals surface area (Å²) < 4.78 is 5.42. The quantitative estimate of drug-likeness (QED) is 0.502. The highest BCUT2D eigenvalue weighted by molar-refractivity contribution is 6.06. The number of hydrogen-bond acceptors (Lipinski definition) is 5. The molecule has 0 spiro atoms. The second kappa shape index (κ2) is 8.14. The summed E-state index contributed by atoms with van der Waals surface area (Å²) in [6.45, 7) is -0.364. The van der Waals surface area contributed by atoms with Gasteiger partial charge in [-0.1, -0.05) is 36.4 Å². The summed E-state index contributed by atoms with van der Waals surface area (Å²) in [6, 6.07) is 17.1. The van der Waals surface area contributed by atoms with Gasteiger partial charge in [0.25, 0.3) is 5.91 Å². The fraction of sp³-hybridized carbons (Fsp3) is 0.200. The van der Waals surface area contributed by atoms with Crippen molar-refractivity contribution in [3.63, 3.8) is 0 Å². The largest absolute Gasteiger partial charge is 0.452 e. The molecule has 2 aromatic carbocycles. The van der Waals surface area contributed by atoms with Gasteiger partial charge in [0.05, 0.1) is 28.5 Å². The summed E-state index contributed by atoms with van der Waals surface area (Å²) >= 11 is 0. The van der Waals surface area contributed by atoms with Gasteiger partial charge in [-0.05, 0) is 49.4 Å². The number of rotatable bonds is 4. The fourth-order valence-electron chi connectivity index (χ4n) is 4.15. The average Bonchev–Trinajstić information content (AvgIpc) is 2.81. The predicted octanol–water partition coefficient (Wildman–Crippen LogP) is 4.46. The monoisotopic (exact) mass is 411 g/mol. The summed E-state index contributed by atoms with van der Waals surface area (Å²) in [6.07, 6.45) is 5.33. The molecule has 2 heterocycles. The SMILES string of the molecule is O=C(COC(=O)c1c2c(nc3ccccc13)CCCC2)Nc1cnc2ccccc2c1. The van der Waals surface area contributed by atoms with Crippen LogP contribution in [0.3, 0.4) is 0 Å². The number of anilines is 1. The van der Waals surface area contributed by atoms with Crippen LogP contribution in [0.2, 0.25) is 0 Å². The van der Waals surface area contributed by atoms with E-state index in [0.717, 1.165) is 58.7 Å². The van der Waals surface area contributed by atoms with Gasteiger partial charge in [-0.15, -0.1) is 0 Å². The number of aryl methyl sites for hydroxylation is 1. The molecule has 1 N–H and O–H groups in total. The van der Waals surface area contributed by atoms with Gasteiger partial charge in [0.2, 0.25) is 0 Å². The lowest BCUT2D eigenvalue weighted by Gasteiger charge is -2.19. The Labute approximate surface area is 179 Å². The number of fused-ring (bicyclic) bond motifs is 3. The number of carbonyl (C=O) groups excluding carboxylic acids is 2. The van der Waals surface area contributed by atoms with Crippen molar-refractivity contribution in [3.8, 4) is 0 Å². The molecule has 0 saturated carbocycles. The van der Waals surface area contributed by atoms with Crippen molar-refractivity contribution in [1.82, 2.24) is 9.97 Å². The zero-order valence-electron chi connectivity index (χ0n) is 16.9. The fourth-order valence-corrected chi connectivity index (χ4v) is 4.15. The number of hydrogen-bond donors (Lipinski definition) is 1. The van der Waals surface area contributed by atoms with Gasteiger partial charge in [0.15, 0.2) is 6.61 Å². The third kappa shape index (κ3) is 3.84. The summed E-state index contributed by atoms with van der Waals surface area (Å²) in [5, 5.41) is 4.44. The lowest BCUT2D eigenvalue weighted by atomic mass is 9.90. The van der Waals surface area contributed by atoms with E-state index < -0.39 is 11.9 Å². The minimum atomic E-state index is -0.483. The lowest BCUT2D eigenvalue weighted by molar-refractivity contribution is -0.119. The van der Waals surface area contributed by atoms with Gasteiger partial charge in [-0.25, -0.2) is 4.79 Å². The number of para-hydroxylation sites is 2. The molecule has 2 aromatic heterocycles. The molecule has 0 atom stereocenters. The molecule has 0 unspecified atom stereocenters. The zero-order valence-corrected chi connectivity index (χ0v) is 16.9. The number of nitrogens with zero attached hydrogens (tertiary/aromatic N) is 2. The maximum Gasteiger partial charge on any atom is 0.339 e. The van der Waals surface area contributed by atoms with Gasteiger partial charge >= 0.3 is 5.97 Å². The second-order valence-corrected chi connectivity index (χ2v) is 7.68. The molecule has 6 nitrogen and oxygen atoms in total. The topological polar surface area (TPSA) is 81.2 Å². The molecule has 1 amide bonds. The smallest absolute Gasteiger partial charge is 0.339 e. The maximum atomic E-state index is 13.0. The number of pyridine rings is 2. The molecule has 4 aromatic rings. The number of aromatic nitrogens is 2. The van der Waals surface area contributed by atoms with Crippen LogP contribution in [0.15, 0.2) is 60.8 Å². The Balaban J connectivity index is 1.34. The van der Waals surface area contributed by atoms with E-state index in [1.165, 1.54) is 0 Å². The summed E-state index contributed by atoms with van der Waals surface area (Å²) in [5.74, 6) is -0.888. The summed E-state index contributed by atoms with van der Waals surface area (Å²) in [4.78, 5) is 34.5. The predicted molar refractivity (Wildman–Crippen MR) is 119 cm³/mol. The molecule has 31 heavy (non-hydrogen) atoms. The van der Waals surface area contributed by atoms with Crippen LogP contribution in [0, 0.1) is 0 Å². The minimum absolute atomic E-state index is 0.364. The molecular weight excluding hydrogens is 390 g/mol. The number of nitrogens with one attached hydrogen (secondary N) is 1. The lowest BCUT2D eigenvalue weighted by Crippen LogP contribution is -2.22. The minimum Gasteiger partial charge on any atom is -0.452 e. The van der Waals surface area contributed by atoms with Crippen molar-refractivity contribution < 1.29 is 14.3 Å². The molecule has 0 aliphatic heterocycles. The first kappa shape index (κ1) is 19.2. The van der Waals surface area contributed by atoms with Gasteiger partial charge in [0.1, 0.15) is 0 Å². The van der Waals surface area contributed by atoms with Crippen LogP contribution in [-0.4, -0.2) is 28.5 Å². The van der Waals surface area contributed by atoms with Crippen LogP contribution in [0.4, 0.5) is 5.69 Å². The Morgan fingerprint density at radius 3 is 2.65 bits per heavy atom. The van der Waals surface area contributed by atoms with E-state index in [-0.39, 0.29) is 6.61 Å². The standard InChI is InChI=1S/C25H21N3O3/c29-23(27-17-13-16-7-1-4-10-20(16)26-14-17)15-31-25(30)24-18-8-2-5-11-21(18)28-22-12-6-3-9-19(22)24/h1-2,4-5,7-8,10-11,13-14H,3,6,9,12,15H2,(H,27,29). The second-order valence-electron chi connectivity index (χ2n) is 7.68. The number of benzene rings is 2. The highest BCUT2D eigenvalue weighted by Gasteiger charge is 2.24. The highest BCUT2D eigenvalue weighted by Crippen LogP contribution is 2.29. The zero-order chi connectivity index (χ0) is 21.2. The van der Waals surface area contributed by atoms with Crippen LogP contribution in [0.5, 0.6) is 0 Å². The van der Waals surface area contributed by atoms with Crippen molar-refractivity contribution in [2.24, 2.45) is 0 Å². The Hall–Kier alpha value is -3.80. The number of carbonyl (C=O) groups is 2. The van der Waals surface area contributed by atoms with E-state index in [2.05, 4.69) is 10.3 Å². The molecule has 1 aliphatic rings. The van der Waals surface area contributed by atoms with Crippen LogP contribution in [0.25, 0.3) is 21.8 Å². The summed E-state index contributed by atoms with van der Waals surface area (Å²) in [7, 11) is 0. The molecule has 1 aliphatic carbocycles. The van der Waals surface area contributed by atoms with Gasteiger partial charge in [0, 0.05) is 16.5 Å². The van der Waals surface area contributed by atoms with E-state index in [1.54, 1.807) is 6.20 Å². The molecule has 0 saturated heterocycles. The number of amides is 1. The van der Waals surface area contributed by atoms with Crippen molar-refractivity contribution in [3.05, 3.63) is 77.6 Å². The third-order valence-electron chi connectivity index (χ3n) is 5.58. The number of ether oxygens (including phenoxy) is 1. The third-order valence-corrected chi connectivity index (χ3v) is 5.58. The van der Waals surface area contributed by atoms with Gasteiger partial charge in [-0.3, -0.25) is 14.8 Å². The Morgan fingerprint density at radius 2 is 1.74 bits per heavy atom. The Morgan fingerprint density at radius 1 is 0.968 bits per heavy atom. The first-order valence-electron chi connectivity index (χ1n) is 10.4. The summed E-state index contributed by atoms with van der Waals surface area (Å²) in [5.41, 5.74) is 4.65. The van der Waals surface area contributed by atoms with E-state index in [1.807, 2.05) is 54.6 Å². The molecule has 0 bridgehead atoms. The molecule has 6 heteroatoms. The highest BCUT2D eigenvalue weighted by atomic mass is 16.5. The first-order chi connectivity index (χ1) is 15.2. The van der Waals surface area contributed by atoms with Crippen LogP contribution < -0.4 is 5.32 Å². The molecule has 154 valence electrons. The molecule has 5 rings (SSSR count). The van der Waals surface area contributed by atoms with E-state index in [9.17, 15) is 9.59 Å². The van der Waals surface area contributed by atoms with Gasteiger partial charge < -0.3 is 10.1 Å². The van der Waals surface area contributed by atoms with E-state index in [0.29, 0.717) is 11.3 Å². The van der Waals surface area contributed by atoms with Gasteiger partial charge in [-0.2, -0.15) is 0 Å². The molecular formula is C25H21N3O3. The van der Waals surface area contributed by atoms with Crippen LogP contribution >= 0.6 is 0 Å². The first-order valence-corrected chi connectivity index (χ1v) is 10.4. The van der Waals surface area contributed by atoms with E-state index >= 15 is 0 Å². The normalized spacial score (nSPS) is 13.0. The van der Waals surface area contributed by atoms with Crippen molar-refractivity contribution in [2.45, 2.75) is 25.7 Å². The maximum absolute atomic E-state index is 13.0. The molecule has 0 fully saturated rings. The van der Waals surface area contributed by atoms with E-state index in [4.69, 9.17) is 9.72 Å². The average molecular weight is 411 g/mol. The Kier molecular flexibility index (Phi) is 5.04. The van der Waals surface area contributed by atoms with Crippen molar-refractivity contribution in [2.75, 3.05) is 11.9 Å². The van der Waals surface area contributed by atoms with Crippen LogP contribution in [0.1, 0.15) is 34.5 Å². The van der Waals surface area contributed by atoms with Crippen molar-refractivity contribution >= 4 is 39.4 Å². The molecule has 0 radical (unpaired) electrons.